The van der Waals surface area contributed by atoms with Crippen LogP contribution in [0.15, 0.2) is 24.3 Å². The van der Waals surface area contributed by atoms with Gasteiger partial charge in [-0.25, -0.2) is 9.97 Å². The summed E-state index contributed by atoms with van der Waals surface area (Å²) >= 11 is 0. The van der Waals surface area contributed by atoms with Crippen LogP contribution in [0.3, 0.4) is 0 Å². The topological polar surface area (TPSA) is 84.1 Å². The van der Waals surface area contributed by atoms with Crippen LogP contribution in [0, 0.1) is 0 Å². The fraction of sp³-hybridized carbons (Fsp3) is 0.429. The maximum Gasteiger partial charge on any atom is 0.169 e. The van der Waals surface area contributed by atoms with Gasteiger partial charge in [-0.3, -0.25) is 0 Å². The van der Waals surface area contributed by atoms with Crippen molar-refractivity contribution in [2.75, 3.05) is 17.6 Å². The van der Waals surface area contributed by atoms with E-state index in [4.69, 9.17) is 5.73 Å². The number of hydrogen-bond acceptors (Lipinski definition) is 5. The van der Waals surface area contributed by atoms with Crippen LogP contribution in [0.1, 0.15) is 26.7 Å². The zero-order chi connectivity index (χ0) is 13.9. The van der Waals surface area contributed by atoms with E-state index in [9.17, 15) is 5.11 Å². The Balaban J connectivity index is 2.23. The normalized spacial score (nSPS) is 11.7. The number of rotatable bonds is 5. The molecule has 0 aliphatic carbocycles. The molecule has 0 spiro atoms. The highest BCUT2D eigenvalue weighted by Gasteiger charge is 2.22. The number of aromatic nitrogens is 2. The minimum Gasteiger partial charge on any atom is -0.388 e. The molecule has 2 aromatic rings. The van der Waals surface area contributed by atoms with Gasteiger partial charge in [0.15, 0.2) is 11.6 Å². The van der Waals surface area contributed by atoms with Gasteiger partial charge in [0.2, 0.25) is 0 Å². The molecule has 1 aromatic heterocycles. The maximum absolute atomic E-state index is 10.2. The molecular weight excluding hydrogens is 240 g/mol. The van der Waals surface area contributed by atoms with Crippen LogP contribution >= 0.6 is 0 Å². The molecule has 19 heavy (non-hydrogen) atoms. The van der Waals surface area contributed by atoms with Gasteiger partial charge in [0.1, 0.15) is 0 Å². The molecule has 1 heterocycles. The van der Waals surface area contributed by atoms with Crippen molar-refractivity contribution in [3.8, 4) is 0 Å². The Bertz CT molecular complexity index is 566. The first-order valence-electron chi connectivity index (χ1n) is 6.56. The average Bonchev–Trinajstić information content (AvgIpc) is 2.44. The molecule has 5 heteroatoms. The molecule has 0 saturated carbocycles. The third-order valence-corrected chi connectivity index (χ3v) is 3.50. The molecule has 0 radical (unpaired) electrons. The zero-order valence-electron chi connectivity index (χ0n) is 11.3. The van der Waals surface area contributed by atoms with E-state index in [1.54, 1.807) is 0 Å². The fourth-order valence-corrected chi connectivity index (χ4v) is 1.89. The summed E-state index contributed by atoms with van der Waals surface area (Å²) in [5, 5.41) is 13.3. The van der Waals surface area contributed by atoms with Crippen LogP contribution in [0.5, 0.6) is 0 Å². The Morgan fingerprint density at radius 1 is 1.16 bits per heavy atom. The quantitative estimate of drug-likeness (QED) is 0.767. The van der Waals surface area contributed by atoms with Gasteiger partial charge >= 0.3 is 0 Å². The number of benzene rings is 1. The van der Waals surface area contributed by atoms with Gasteiger partial charge < -0.3 is 16.2 Å². The summed E-state index contributed by atoms with van der Waals surface area (Å²) in [5.74, 6) is 0.882. The molecular formula is C14H20N4O. The van der Waals surface area contributed by atoms with Crippen LogP contribution in [0.4, 0.5) is 11.6 Å². The molecule has 0 unspecified atom stereocenters. The molecule has 0 aliphatic heterocycles. The second kappa shape index (κ2) is 5.40. The minimum absolute atomic E-state index is 0.355. The molecule has 0 saturated heterocycles. The van der Waals surface area contributed by atoms with Crippen molar-refractivity contribution in [3.05, 3.63) is 24.3 Å². The number of hydrogen-bond donors (Lipinski definition) is 3. The number of nitrogens with two attached hydrogens (primary N) is 1. The molecule has 0 fully saturated rings. The van der Waals surface area contributed by atoms with Crippen molar-refractivity contribution in [3.63, 3.8) is 0 Å². The van der Waals surface area contributed by atoms with Crippen LogP contribution < -0.4 is 11.1 Å². The molecule has 0 atom stereocenters. The van der Waals surface area contributed by atoms with Gasteiger partial charge in [0, 0.05) is 6.54 Å². The average molecular weight is 260 g/mol. The SMILES string of the molecule is CCC(O)(CC)CNc1nc2ccccc2nc1N. The predicted molar refractivity (Wildman–Crippen MR) is 78.0 cm³/mol. The molecule has 0 aliphatic rings. The maximum atomic E-state index is 10.2. The van der Waals surface area contributed by atoms with Gasteiger partial charge in [-0.1, -0.05) is 26.0 Å². The highest BCUT2D eigenvalue weighted by atomic mass is 16.3. The summed E-state index contributed by atoms with van der Waals surface area (Å²) in [7, 11) is 0. The van der Waals surface area contributed by atoms with E-state index in [-0.39, 0.29) is 0 Å². The standard InChI is InChI=1S/C14H20N4O/c1-3-14(19,4-2)9-16-13-12(15)17-10-7-5-6-8-11(10)18-13/h5-8,19H,3-4,9H2,1-2H3,(H2,15,17)(H,16,18). The Kier molecular flexibility index (Phi) is 3.85. The van der Waals surface area contributed by atoms with E-state index in [2.05, 4.69) is 15.3 Å². The Hall–Kier alpha value is -1.88. The summed E-state index contributed by atoms with van der Waals surface area (Å²) in [5.41, 5.74) is 6.70. The number of para-hydroxylation sites is 2. The third-order valence-electron chi connectivity index (χ3n) is 3.50. The molecule has 0 amide bonds. The summed E-state index contributed by atoms with van der Waals surface area (Å²) < 4.78 is 0. The number of nitrogen functional groups attached to an aromatic ring is 1. The van der Waals surface area contributed by atoms with Crippen LogP contribution in [0.2, 0.25) is 0 Å². The molecule has 102 valence electrons. The Morgan fingerprint density at radius 2 is 1.74 bits per heavy atom. The number of anilines is 2. The second-order valence-electron chi connectivity index (χ2n) is 4.73. The lowest BCUT2D eigenvalue weighted by Crippen LogP contribution is -2.35. The van der Waals surface area contributed by atoms with Crippen molar-refractivity contribution in [1.29, 1.82) is 0 Å². The fourth-order valence-electron chi connectivity index (χ4n) is 1.89. The highest BCUT2D eigenvalue weighted by molar-refractivity contribution is 5.79. The molecule has 2 rings (SSSR count). The van der Waals surface area contributed by atoms with Crippen LogP contribution in [-0.4, -0.2) is 27.2 Å². The van der Waals surface area contributed by atoms with E-state index >= 15 is 0 Å². The Morgan fingerprint density at radius 3 is 2.32 bits per heavy atom. The summed E-state index contributed by atoms with van der Waals surface area (Å²) in [4.78, 5) is 8.74. The van der Waals surface area contributed by atoms with E-state index in [0.717, 1.165) is 11.0 Å². The first-order valence-corrected chi connectivity index (χ1v) is 6.56. The van der Waals surface area contributed by atoms with Gasteiger partial charge in [-0.2, -0.15) is 0 Å². The van der Waals surface area contributed by atoms with Crippen LogP contribution in [-0.2, 0) is 0 Å². The zero-order valence-corrected chi connectivity index (χ0v) is 11.3. The first kappa shape index (κ1) is 13.5. The van der Waals surface area contributed by atoms with E-state index in [1.807, 2.05) is 38.1 Å². The van der Waals surface area contributed by atoms with Gasteiger partial charge in [-0.05, 0) is 25.0 Å². The largest absolute Gasteiger partial charge is 0.388 e. The summed E-state index contributed by atoms with van der Waals surface area (Å²) in [6, 6.07) is 7.57. The molecule has 4 N–H and O–H groups in total. The number of aliphatic hydroxyl groups is 1. The summed E-state index contributed by atoms with van der Waals surface area (Å²) in [6.45, 7) is 4.33. The molecule has 1 aromatic carbocycles. The van der Waals surface area contributed by atoms with Crippen molar-refractivity contribution >= 4 is 22.7 Å². The van der Waals surface area contributed by atoms with Crippen molar-refractivity contribution < 1.29 is 5.11 Å². The summed E-state index contributed by atoms with van der Waals surface area (Å²) in [6.07, 6.45) is 1.36. The number of nitrogens with one attached hydrogen (secondary N) is 1. The van der Waals surface area contributed by atoms with E-state index < -0.39 is 5.60 Å². The monoisotopic (exact) mass is 260 g/mol. The Labute approximate surface area is 112 Å². The first-order chi connectivity index (χ1) is 9.08. The van der Waals surface area contributed by atoms with Crippen LogP contribution in [0.25, 0.3) is 11.0 Å². The molecule has 5 nitrogen and oxygen atoms in total. The van der Waals surface area contributed by atoms with E-state index in [1.165, 1.54) is 0 Å². The number of nitrogens with zero attached hydrogens (tertiary/aromatic N) is 2. The lowest BCUT2D eigenvalue weighted by Gasteiger charge is -2.25. The van der Waals surface area contributed by atoms with Crippen molar-refractivity contribution in [2.45, 2.75) is 32.3 Å². The smallest absolute Gasteiger partial charge is 0.169 e. The minimum atomic E-state index is -0.736. The molecule has 0 bridgehead atoms. The predicted octanol–water partition coefficient (Wildman–Crippen LogP) is 2.17. The third kappa shape index (κ3) is 2.93. The lowest BCUT2D eigenvalue weighted by atomic mass is 9.98. The van der Waals surface area contributed by atoms with Crippen molar-refractivity contribution in [2.24, 2.45) is 0 Å². The van der Waals surface area contributed by atoms with Crippen molar-refractivity contribution in [1.82, 2.24) is 9.97 Å². The van der Waals surface area contributed by atoms with Gasteiger partial charge in [0.25, 0.3) is 0 Å². The van der Waals surface area contributed by atoms with Gasteiger partial charge in [-0.15, -0.1) is 0 Å². The highest BCUT2D eigenvalue weighted by Crippen LogP contribution is 2.21. The lowest BCUT2D eigenvalue weighted by molar-refractivity contribution is 0.0456. The van der Waals surface area contributed by atoms with Gasteiger partial charge in [0.05, 0.1) is 16.6 Å². The van der Waals surface area contributed by atoms with E-state index in [0.29, 0.717) is 31.0 Å². The number of fused-ring (bicyclic) bond motifs is 1. The second-order valence-corrected chi connectivity index (χ2v) is 4.73.